The fraction of sp³-hybridized carbons (Fsp3) is 0.235. The lowest BCUT2D eigenvalue weighted by Gasteiger charge is -2.09. The summed E-state index contributed by atoms with van der Waals surface area (Å²) in [7, 11) is 0. The molecule has 0 fully saturated rings. The summed E-state index contributed by atoms with van der Waals surface area (Å²) in [6.45, 7) is 0. The van der Waals surface area contributed by atoms with Gasteiger partial charge in [0.25, 0.3) is 11.2 Å². The first kappa shape index (κ1) is 15.6. The summed E-state index contributed by atoms with van der Waals surface area (Å²) < 4.78 is 1.15. The fourth-order valence-corrected chi connectivity index (χ4v) is 4.33. The van der Waals surface area contributed by atoms with Gasteiger partial charge in [0, 0.05) is 10.9 Å². The van der Waals surface area contributed by atoms with Gasteiger partial charge in [-0.25, -0.2) is 4.98 Å². The quantitative estimate of drug-likeness (QED) is 0.410. The molecule has 0 amide bonds. The van der Waals surface area contributed by atoms with Crippen LogP contribution in [0, 0.1) is 10.1 Å². The highest BCUT2D eigenvalue weighted by atomic mass is 32.1. The zero-order chi connectivity index (χ0) is 17.4. The Labute approximate surface area is 146 Å². The topological polar surface area (TPSA) is 90.4 Å². The van der Waals surface area contributed by atoms with Crippen molar-refractivity contribution in [3.8, 4) is 0 Å². The lowest BCUT2D eigenvalue weighted by Crippen LogP contribution is -2.18. The van der Waals surface area contributed by atoms with Gasteiger partial charge in [0.05, 0.1) is 22.1 Å². The molecule has 0 unspecified atom stereocenters. The van der Waals surface area contributed by atoms with Gasteiger partial charge in [0.15, 0.2) is 0 Å². The summed E-state index contributed by atoms with van der Waals surface area (Å²) >= 11 is 1.58. The van der Waals surface area contributed by atoms with Gasteiger partial charge in [-0.3, -0.25) is 14.9 Å². The van der Waals surface area contributed by atoms with Gasteiger partial charge in [-0.15, -0.1) is 11.3 Å². The number of aromatic nitrogens is 2. The number of nitro groups is 1. The van der Waals surface area contributed by atoms with Gasteiger partial charge in [-0.1, -0.05) is 12.1 Å². The first-order valence-corrected chi connectivity index (χ1v) is 8.76. The molecule has 0 aliphatic heterocycles. The van der Waals surface area contributed by atoms with Gasteiger partial charge in [-0.2, -0.15) is 9.78 Å². The lowest BCUT2D eigenvalue weighted by molar-refractivity contribution is -0.385. The number of rotatable bonds is 3. The lowest BCUT2D eigenvalue weighted by atomic mass is 9.97. The minimum absolute atomic E-state index is 0.0544. The second kappa shape index (κ2) is 6.21. The van der Waals surface area contributed by atoms with Crippen molar-refractivity contribution in [3.05, 3.63) is 67.1 Å². The molecular formula is C17H14N4O3S. The predicted octanol–water partition coefficient (Wildman–Crippen LogP) is 3.13. The van der Waals surface area contributed by atoms with Crippen LogP contribution < -0.4 is 5.56 Å². The number of fused-ring (bicyclic) bond motifs is 3. The second-order valence-corrected chi connectivity index (χ2v) is 6.93. The number of para-hydroxylation sites is 1. The molecule has 0 atom stereocenters. The van der Waals surface area contributed by atoms with Gasteiger partial charge in [-0.05, 0) is 37.3 Å². The molecule has 0 bridgehead atoms. The normalized spacial score (nSPS) is 14.1. The van der Waals surface area contributed by atoms with Gasteiger partial charge in [0.2, 0.25) is 0 Å². The van der Waals surface area contributed by atoms with Crippen LogP contribution in [0.25, 0.3) is 10.2 Å². The van der Waals surface area contributed by atoms with Crippen molar-refractivity contribution < 1.29 is 4.92 Å². The maximum atomic E-state index is 12.8. The molecule has 25 heavy (non-hydrogen) atoms. The molecule has 8 heteroatoms. The highest BCUT2D eigenvalue weighted by Gasteiger charge is 2.20. The maximum Gasteiger partial charge on any atom is 0.282 e. The van der Waals surface area contributed by atoms with E-state index in [0.29, 0.717) is 10.9 Å². The molecule has 2 aromatic heterocycles. The molecule has 0 N–H and O–H groups in total. The van der Waals surface area contributed by atoms with E-state index in [2.05, 4.69) is 10.1 Å². The van der Waals surface area contributed by atoms with Crippen molar-refractivity contribution in [2.24, 2.45) is 5.10 Å². The standard InChI is InChI=1S/C17H14N4O3S/c22-17-15-12-6-2-4-8-14(12)25-16(15)18-10-20(17)19-9-11-5-1-3-7-13(11)21(23)24/h1,3,5,7,9-10H,2,4,6,8H2/b19-9-. The van der Waals surface area contributed by atoms with Gasteiger partial charge >= 0.3 is 0 Å². The zero-order valence-corrected chi connectivity index (χ0v) is 14.0. The third-order valence-electron chi connectivity index (χ3n) is 4.31. The number of hydrogen-bond donors (Lipinski definition) is 0. The van der Waals surface area contributed by atoms with Crippen molar-refractivity contribution >= 4 is 33.5 Å². The van der Waals surface area contributed by atoms with Crippen LogP contribution in [0.15, 0.2) is 40.5 Å². The van der Waals surface area contributed by atoms with Crippen LogP contribution >= 0.6 is 11.3 Å². The minimum atomic E-state index is -0.471. The Kier molecular flexibility index (Phi) is 3.89. The molecule has 3 aromatic rings. The molecule has 0 saturated heterocycles. The number of nitrogens with zero attached hydrogens (tertiary/aromatic N) is 4. The third kappa shape index (κ3) is 2.74. The van der Waals surface area contributed by atoms with Crippen LogP contribution in [-0.4, -0.2) is 20.8 Å². The molecule has 1 aliphatic rings. The van der Waals surface area contributed by atoms with E-state index in [0.717, 1.165) is 40.8 Å². The highest BCUT2D eigenvalue weighted by Crippen LogP contribution is 2.33. The van der Waals surface area contributed by atoms with Crippen molar-refractivity contribution in [1.82, 2.24) is 9.66 Å². The summed E-state index contributed by atoms with van der Waals surface area (Å²) in [4.78, 5) is 29.7. The van der Waals surface area contributed by atoms with Crippen LogP contribution in [0.4, 0.5) is 5.69 Å². The van der Waals surface area contributed by atoms with Crippen molar-refractivity contribution in [2.75, 3.05) is 0 Å². The van der Waals surface area contributed by atoms with Crippen molar-refractivity contribution in [2.45, 2.75) is 25.7 Å². The van der Waals surface area contributed by atoms with E-state index >= 15 is 0 Å². The number of benzene rings is 1. The largest absolute Gasteiger partial charge is 0.282 e. The molecule has 7 nitrogen and oxygen atoms in total. The van der Waals surface area contributed by atoms with E-state index in [9.17, 15) is 14.9 Å². The van der Waals surface area contributed by atoms with Crippen molar-refractivity contribution in [1.29, 1.82) is 0 Å². The fourth-order valence-electron chi connectivity index (χ4n) is 3.11. The molecule has 1 aromatic carbocycles. The summed E-state index contributed by atoms with van der Waals surface area (Å²) in [6, 6.07) is 6.27. The van der Waals surface area contributed by atoms with E-state index in [1.165, 1.54) is 23.5 Å². The van der Waals surface area contributed by atoms with Crippen LogP contribution in [0.2, 0.25) is 0 Å². The highest BCUT2D eigenvalue weighted by molar-refractivity contribution is 7.18. The number of aryl methyl sites for hydroxylation is 2. The zero-order valence-electron chi connectivity index (χ0n) is 13.2. The molecule has 2 heterocycles. The van der Waals surface area contributed by atoms with E-state index in [-0.39, 0.29) is 11.2 Å². The first-order valence-electron chi connectivity index (χ1n) is 7.95. The predicted molar refractivity (Wildman–Crippen MR) is 96.6 cm³/mol. The Morgan fingerprint density at radius 1 is 1.28 bits per heavy atom. The van der Waals surface area contributed by atoms with Crippen LogP contribution in [0.3, 0.4) is 0 Å². The Hall–Kier alpha value is -2.87. The smallest absolute Gasteiger partial charge is 0.267 e. The Balaban J connectivity index is 1.79. The summed E-state index contributed by atoms with van der Waals surface area (Å²) in [5.41, 5.74) is 1.16. The van der Waals surface area contributed by atoms with Gasteiger partial charge in [0.1, 0.15) is 11.2 Å². The van der Waals surface area contributed by atoms with Crippen molar-refractivity contribution in [3.63, 3.8) is 0 Å². The Bertz CT molecular complexity index is 1070. The number of hydrogen-bond acceptors (Lipinski definition) is 6. The van der Waals surface area contributed by atoms with E-state index < -0.39 is 4.92 Å². The molecule has 0 saturated carbocycles. The molecule has 126 valence electrons. The van der Waals surface area contributed by atoms with E-state index in [4.69, 9.17) is 0 Å². The average molecular weight is 354 g/mol. The molecule has 1 aliphatic carbocycles. The van der Waals surface area contributed by atoms with Crippen LogP contribution in [0.1, 0.15) is 28.8 Å². The summed E-state index contributed by atoms with van der Waals surface area (Å²) in [5.74, 6) is 0. The monoisotopic (exact) mass is 354 g/mol. The molecule has 0 radical (unpaired) electrons. The molecule has 4 rings (SSSR count). The van der Waals surface area contributed by atoms with Crippen LogP contribution in [-0.2, 0) is 12.8 Å². The SMILES string of the molecule is O=c1c2c3c(sc2ncn1/N=C\c1ccccc1[N+](=O)[O-])CCCC3. The maximum absolute atomic E-state index is 12.8. The summed E-state index contributed by atoms with van der Waals surface area (Å²) in [6.07, 6.45) is 6.81. The van der Waals surface area contributed by atoms with E-state index in [1.54, 1.807) is 29.5 Å². The number of nitro benzene ring substituents is 1. The van der Waals surface area contributed by atoms with Gasteiger partial charge < -0.3 is 0 Å². The Morgan fingerprint density at radius 3 is 2.92 bits per heavy atom. The summed E-state index contributed by atoms with van der Waals surface area (Å²) in [5, 5.41) is 15.8. The Morgan fingerprint density at radius 2 is 2.08 bits per heavy atom. The molecular weight excluding hydrogens is 340 g/mol. The van der Waals surface area contributed by atoms with Crippen LogP contribution in [0.5, 0.6) is 0 Å². The van der Waals surface area contributed by atoms with E-state index in [1.807, 2.05) is 0 Å². The number of thiophene rings is 1. The third-order valence-corrected chi connectivity index (χ3v) is 5.51. The minimum Gasteiger partial charge on any atom is -0.267 e. The second-order valence-electron chi connectivity index (χ2n) is 5.85. The molecule has 0 spiro atoms. The average Bonchev–Trinajstić information content (AvgIpc) is 3.00. The first-order chi connectivity index (χ1) is 12.1.